The first-order chi connectivity index (χ1) is 6.50. The van der Waals surface area contributed by atoms with Crippen molar-refractivity contribution in [1.29, 1.82) is 0 Å². The van der Waals surface area contributed by atoms with Crippen molar-refractivity contribution in [2.75, 3.05) is 6.61 Å². The third kappa shape index (κ3) is 2.19. The van der Waals surface area contributed by atoms with E-state index < -0.39 is 29.8 Å². The normalized spacial score (nSPS) is 9.71. The zero-order chi connectivity index (χ0) is 10.7. The molecule has 6 heteroatoms. The van der Waals surface area contributed by atoms with E-state index in [1.54, 1.807) is 0 Å². The summed E-state index contributed by atoms with van der Waals surface area (Å²) in [5.74, 6) is -2.87. The van der Waals surface area contributed by atoms with Gasteiger partial charge in [0.05, 0.1) is 0 Å². The second-order valence-electron chi connectivity index (χ2n) is 2.49. The minimum absolute atomic E-state index is 0.206. The van der Waals surface area contributed by atoms with Crippen LogP contribution in [0.1, 0.15) is 0 Å². The molecule has 0 radical (unpaired) electrons. The summed E-state index contributed by atoms with van der Waals surface area (Å²) in [5.41, 5.74) is 0. The molecule has 0 spiro atoms. The summed E-state index contributed by atoms with van der Waals surface area (Å²) in [4.78, 5) is 10.1. The number of aliphatic carboxylic acids is 1. The van der Waals surface area contributed by atoms with Crippen molar-refractivity contribution in [2.45, 2.75) is 0 Å². The lowest BCUT2D eigenvalue weighted by molar-refractivity contribution is -0.139. The third-order valence-corrected chi connectivity index (χ3v) is 1.41. The van der Waals surface area contributed by atoms with E-state index in [0.717, 1.165) is 12.1 Å². The largest absolute Gasteiger partial charge is 0.504 e. The lowest BCUT2D eigenvalue weighted by Gasteiger charge is -2.06. The summed E-state index contributed by atoms with van der Waals surface area (Å²) in [6.45, 7) is -0.641. The van der Waals surface area contributed by atoms with Crippen molar-refractivity contribution in [3.8, 4) is 23.0 Å². The fraction of sp³-hybridized carbons (Fsp3) is 0.125. The van der Waals surface area contributed by atoms with Crippen LogP contribution in [-0.2, 0) is 4.79 Å². The fourth-order valence-corrected chi connectivity index (χ4v) is 0.802. The molecule has 0 aliphatic heterocycles. The van der Waals surface area contributed by atoms with Crippen molar-refractivity contribution in [1.82, 2.24) is 0 Å². The first-order valence-electron chi connectivity index (χ1n) is 3.60. The molecule has 0 saturated heterocycles. The average molecular weight is 200 g/mol. The number of aromatic hydroxyl groups is 3. The van der Waals surface area contributed by atoms with E-state index >= 15 is 0 Å². The highest BCUT2D eigenvalue weighted by Crippen LogP contribution is 2.37. The van der Waals surface area contributed by atoms with Gasteiger partial charge in [-0.25, -0.2) is 4.79 Å². The van der Waals surface area contributed by atoms with Gasteiger partial charge in [0.2, 0.25) is 0 Å². The van der Waals surface area contributed by atoms with Gasteiger partial charge in [0.25, 0.3) is 0 Å². The number of carboxylic acids is 1. The minimum atomic E-state index is -1.21. The van der Waals surface area contributed by atoms with E-state index in [1.807, 2.05) is 0 Å². The zero-order valence-electron chi connectivity index (χ0n) is 6.97. The lowest BCUT2D eigenvalue weighted by atomic mass is 10.3. The number of ether oxygens (including phenoxy) is 1. The molecule has 0 amide bonds. The zero-order valence-corrected chi connectivity index (χ0v) is 6.97. The number of rotatable bonds is 3. The van der Waals surface area contributed by atoms with Gasteiger partial charge in [0.15, 0.2) is 29.6 Å². The van der Waals surface area contributed by atoms with E-state index in [9.17, 15) is 4.79 Å². The maximum Gasteiger partial charge on any atom is 0.341 e. The molecule has 0 heterocycles. The van der Waals surface area contributed by atoms with Crippen LogP contribution < -0.4 is 4.74 Å². The quantitative estimate of drug-likeness (QED) is 0.412. The summed E-state index contributed by atoms with van der Waals surface area (Å²) in [6.07, 6.45) is 0. The van der Waals surface area contributed by atoms with E-state index in [2.05, 4.69) is 4.74 Å². The van der Waals surface area contributed by atoms with E-state index in [-0.39, 0.29) is 5.75 Å². The Kier molecular flexibility index (Phi) is 2.66. The van der Waals surface area contributed by atoms with Crippen molar-refractivity contribution < 1.29 is 30.0 Å². The highest BCUT2D eigenvalue weighted by Gasteiger charge is 2.09. The second kappa shape index (κ2) is 3.73. The van der Waals surface area contributed by atoms with Crippen molar-refractivity contribution in [3.05, 3.63) is 12.1 Å². The van der Waals surface area contributed by atoms with Crippen LogP contribution in [0.25, 0.3) is 0 Å². The number of hydrogen-bond acceptors (Lipinski definition) is 5. The molecule has 0 aliphatic carbocycles. The Morgan fingerprint density at radius 2 is 1.71 bits per heavy atom. The van der Waals surface area contributed by atoms with Crippen LogP contribution in [0.5, 0.6) is 23.0 Å². The highest BCUT2D eigenvalue weighted by atomic mass is 16.5. The maximum atomic E-state index is 10.1. The molecule has 0 saturated carbocycles. The number of carbonyl (C=O) groups is 1. The number of phenols is 3. The summed E-state index contributed by atoms with van der Waals surface area (Å²) in [7, 11) is 0. The van der Waals surface area contributed by atoms with Crippen LogP contribution in [0.15, 0.2) is 12.1 Å². The highest BCUT2D eigenvalue weighted by molar-refractivity contribution is 5.68. The predicted molar refractivity (Wildman–Crippen MR) is 44.6 cm³/mol. The SMILES string of the molecule is O=C(O)COc1cc(O)c(O)cc1O. The number of benzene rings is 1. The number of phenolic OH excluding ortho intramolecular Hbond substituents is 3. The molecule has 1 aromatic carbocycles. The van der Waals surface area contributed by atoms with Crippen molar-refractivity contribution >= 4 is 5.97 Å². The van der Waals surface area contributed by atoms with Crippen LogP contribution in [0.4, 0.5) is 0 Å². The first-order valence-corrected chi connectivity index (χ1v) is 3.60. The van der Waals surface area contributed by atoms with Crippen molar-refractivity contribution in [3.63, 3.8) is 0 Å². The Bertz CT molecular complexity index is 359. The molecule has 0 atom stereocenters. The van der Waals surface area contributed by atoms with Crippen molar-refractivity contribution in [2.24, 2.45) is 0 Å². The van der Waals surface area contributed by atoms with Gasteiger partial charge < -0.3 is 25.2 Å². The Morgan fingerprint density at radius 3 is 2.29 bits per heavy atom. The second-order valence-corrected chi connectivity index (χ2v) is 2.49. The van der Waals surface area contributed by atoms with Gasteiger partial charge in [-0.05, 0) is 0 Å². The van der Waals surface area contributed by atoms with Crippen LogP contribution in [0, 0.1) is 0 Å². The van der Waals surface area contributed by atoms with Gasteiger partial charge in [-0.3, -0.25) is 0 Å². The molecular formula is C8H8O6. The Hall–Kier alpha value is -2.11. The van der Waals surface area contributed by atoms with Gasteiger partial charge in [0, 0.05) is 12.1 Å². The molecule has 0 bridgehead atoms. The molecule has 0 aliphatic rings. The molecule has 0 fully saturated rings. The van der Waals surface area contributed by atoms with Gasteiger partial charge in [0.1, 0.15) is 0 Å². The summed E-state index contributed by atoms with van der Waals surface area (Å²) >= 11 is 0. The van der Waals surface area contributed by atoms with Gasteiger partial charge >= 0.3 is 5.97 Å². The summed E-state index contributed by atoms with van der Waals surface area (Å²) < 4.78 is 4.61. The predicted octanol–water partition coefficient (Wildman–Crippen LogP) is 0.267. The van der Waals surface area contributed by atoms with Gasteiger partial charge in [-0.1, -0.05) is 0 Å². The van der Waals surface area contributed by atoms with Gasteiger partial charge in [-0.2, -0.15) is 0 Å². The molecule has 6 nitrogen and oxygen atoms in total. The number of carboxylic acid groups (broad SMARTS) is 1. The molecule has 0 aromatic heterocycles. The molecule has 1 aromatic rings. The van der Waals surface area contributed by atoms with Crippen LogP contribution in [-0.4, -0.2) is 33.0 Å². The van der Waals surface area contributed by atoms with Crippen LogP contribution >= 0.6 is 0 Å². The first kappa shape index (κ1) is 9.97. The molecule has 0 unspecified atom stereocenters. The van der Waals surface area contributed by atoms with Crippen LogP contribution in [0.2, 0.25) is 0 Å². The standard InChI is InChI=1S/C8H8O6/c9-4-1-6(11)7(2-5(4)10)14-3-8(12)13/h1-2,9-11H,3H2,(H,12,13). The Labute approximate surface area is 78.6 Å². The molecule has 4 N–H and O–H groups in total. The lowest BCUT2D eigenvalue weighted by Crippen LogP contribution is -2.09. The molecule has 76 valence electrons. The maximum absolute atomic E-state index is 10.1. The Balaban J connectivity index is 2.87. The topological polar surface area (TPSA) is 107 Å². The van der Waals surface area contributed by atoms with Crippen LogP contribution in [0.3, 0.4) is 0 Å². The fourth-order valence-electron chi connectivity index (χ4n) is 0.802. The molecular weight excluding hydrogens is 192 g/mol. The third-order valence-electron chi connectivity index (χ3n) is 1.41. The number of hydrogen-bond donors (Lipinski definition) is 4. The Morgan fingerprint density at radius 1 is 1.14 bits per heavy atom. The summed E-state index contributed by atoms with van der Waals surface area (Å²) in [6, 6.07) is 1.78. The van der Waals surface area contributed by atoms with E-state index in [1.165, 1.54) is 0 Å². The minimum Gasteiger partial charge on any atom is -0.504 e. The van der Waals surface area contributed by atoms with E-state index in [0.29, 0.717) is 0 Å². The van der Waals surface area contributed by atoms with Gasteiger partial charge in [-0.15, -0.1) is 0 Å². The monoisotopic (exact) mass is 200 g/mol. The van der Waals surface area contributed by atoms with E-state index in [4.69, 9.17) is 20.4 Å². The average Bonchev–Trinajstić information content (AvgIpc) is 2.09. The summed E-state index contributed by atoms with van der Waals surface area (Å²) in [5, 5.41) is 35.3. The molecule has 1 rings (SSSR count). The smallest absolute Gasteiger partial charge is 0.341 e. The molecule has 14 heavy (non-hydrogen) atoms.